The first-order valence-corrected chi connectivity index (χ1v) is 6.96. The number of nitrogens with two attached hydrogens (primary N) is 1. The van der Waals surface area contributed by atoms with Crippen LogP contribution in [0.1, 0.15) is 31.4 Å². The van der Waals surface area contributed by atoms with Crippen LogP contribution in [0, 0.1) is 5.82 Å². The van der Waals surface area contributed by atoms with Gasteiger partial charge in [0.25, 0.3) is 0 Å². The topological polar surface area (TPSA) is 55.6 Å². The average Bonchev–Trinajstić information content (AvgIpc) is 2.45. The third-order valence-corrected chi connectivity index (χ3v) is 3.45. The summed E-state index contributed by atoms with van der Waals surface area (Å²) in [6, 6.07) is 6.37. The lowest BCUT2D eigenvalue weighted by Crippen LogP contribution is -2.42. The number of hydrogen-bond donors (Lipinski definition) is 1. The summed E-state index contributed by atoms with van der Waals surface area (Å²) in [4.78, 5) is 13.9. The molecule has 1 aliphatic rings. The molecule has 0 saturated carbocycles. The molecule has 1 aliphatic heterocycles. The van der Waals surface area contributed by atoms with Gasteiger partial charge in [-0.25, -0.2) is 4.39 Å². The van der Waals surface area contributed by atoms with Crippen molar-refractivity contribution >= 4 is 18.3 Å². The maximum Gasteiger partial charge on any atom is 0.222 e. The van der Waals surface area contributed by atoms with Crippen LogP contribution in [0.5, 0.6) is 0 Å². The number of ether oxygens (including phenoxy) is 1. The van der Waals surface area contributed by atoms with Gasteiger partial charge in [-0.05, 0) is 31.0 Å². The van der Waals surface area contributed by atoms with Gasteiger partial charge in [0.15, 0.2) is 0 Å². The third kappa shape index (κ3) is 5.26. The van der Waals surface area contributed by atoms with Crippen molar-refractivity contribution in [2.45, 2.75) is 31.9 Å². The minimum atomic E-state index is -0.286. The van der Waals surface area contributed by atoms with Crippen LogP contribution < -0.4 is 5.73 Å². The molecule has 2 unspecified atom stereocenters. The number of benzene rings is 1. The summed E-state index contributed by atoms with van der Waals surface area (Å²) < 4.78 is 18.9. The Bertz CT molecular complexity index is 471. The van der Waals surface area contributed by atoms with Crippen molar-refractivity contribution in [2.75, 3.05) is 19.7 Å². The van der Waals surface area contributed by atoms with Crippen LogP contribution in [0.4, 0.5) is 4.39 Å². The molecule has 21 heavy (non-hydrogen) atoms. The fourth-order valence-corrected chi connectivity index (χ4v) is 2.29. The highest BCUT2D eigenvalue weighted by Crippen LogP contribution is 2.23. The molecule has 1 aromatic rings. The summed E-state index contributed by atoms with van der Waals surface area (Å²) in [5.74, 6) is -0.196. The van der Waals surface area contributed by atoms with Gasteiger partial charge >= 0.3 is 0 Å². The largest absolute Gasteiger partial charge is 0.370 e. The number of amides is 1. The highest BCUT2D eigenvalue weighted by Gasteiger charge is 2.25. The molecule has 0 aromatic heterocycles. The average molecular weight is 317 g/mol. The zero-order valence-corrected chi connectivity index (χ0v) is 12.9. The van der Waals surface area contributed by atoms with E-state index < -0.39 is 0 Å². The van der Waals surface area contributed by atoms with Crippen molar-refractivity contribution in [2.24, 2.45) is 5.73 Å². The third-order valence-electron chi connectivity index (χ3n) is 3.45. The number of morpholine rings is 1. The number of carbonyl (C=O) groups is 1. The zero-order chi connectivity index (χ0) is 14.5. The van der Waals surface area contributed by atoms with Crippen molar-refractivity contribution in [1.29, 1.82) is 0 Å². The van der Waals surface area contributed by atoms with Crippen LogP contribution in [0.25, 0.3) is 0 Å². The Hall–Kier alpha value is -1.17. The standard InChI is InChI=1S/C15H21FN2O2.ClH/c1-11(17)5-6-15(19)18-7-8-20-14(10-18)12-3-2-4-13(16)9-12;/h2-4,9,11,14H,5-8,10,17H2,1H3;1H. The van der Waals surface area contributed by atoms with E-state index in [1.165, 1.54) is 12.1 Å². The predicted molar refractivity (Wildman–Crippen MR) is 81.8 cm³/mol. The van der Waals surface area contributed by atoms with Gasteiger partial charge in [-0.1, -0.05) is 12.1 Å². The number of halogens is 2. The number of hydrogen-bond acceptors (Lipinski definition) is 3. The number of rotatable bonds is 4. The Morgan fingerprint density at radius 1 is 1.57 bits per heavy atom. The van der Waals surface area contributed by atoms with E-state index in [1.54, 1.807) is 11.0 Å². The second-order valence-corrected chi connectivity index (χ2v) is 5.27. The van der Waals surface area contributed by atoms with Gasteiger partial charge in [-0.15, -0.1) is 12.4 Å². The monoisotopic (exact) mass is 316 g/mol. The summed E-state index contributed by atoms with van der Waals surface area (Å²) >= 11 is 0. The fraction of sp³-hybridized carbons (Fsp3) is 0.533. The van der Waals surface area contributed by atoms with Crippen LogP contribution in [0.2, 0.25) is 0 Å². The van der Waals surface area contributed by atoms with E-state index in [-0.39, 0.29) is 36.3 Å². The van der Waals surface area contributed by atoms with E-state index in [2.05, 4.69) is 0 Å². The lowest BCUT2D eigenvalue weighted by Gasteiger charge is -2.33. The van der Waals surface area contributed by atoms with Gasteiger partial charge < -0.3 is 15.4 Å². The highest BCUT2D eigenvalue weighted by molar-refractivity contribution is 5.85. The second kappa shape index (κ2) is 8.32. The molecule has 2 N–H and O–H groups in total. The Kier molecular flexibility index (Phi) is 7.08. The van der Waals surface area contributed by atoms with Gasteiger partial charge in [0, 0.05) is 19.0 Å². The van der Waals surface area contributed by atoms with Gasteiger partial charge in [-0.3, -0.25) is 4.79 Å². The van der Waals surface area contributed by atoms with Crippen LogP contribution in [-0.4, -0.2) is 36.5 Å². The quantitative estimate of drug-likeness (QED) is 0.927. The highest BCUT2D eigenvalue weighted by atomic mass is 35.5. The summed E-state index contributed by atoms with van der Waals surface area (Å²) in [6.45, 7) is 3.43. The molecule has 4 nitrogen and oxygen atoms in total. The van der Waals surface area contributed by atoms with E-state index in [9.17, 15) is 9.18 Å². The molecule has 0 spiro atoms. The van der Waals surface area contributed by atoms with E-state index in [1.807, 2.05) is 13.0 Å². The molecular weight excluding hydrogens is 295 g/mol. The van der Waals surface area contributed by atoms with E-state index in [4.69, 9.17) is 10.5 Å². The number of carbonyl (C=O) groups excluding carboxylic acids is 1. The molecule has 0 aliphatic carbocycles. The molecule has 1 amide bonds. The maximum atomic E-state index is 13.2. The van der Waals surface area contributed by atoms with E-state index >= 15 is 0 Å². The lowest BCUT2D eigenvalue weighted by atomic mass is 10.1. The molecule has 0 bridgehead atoms. The minimum Gasteiger partial charge on any atom is -0.370 e. The van der Waals surface area contributed by atoms with E-state index in [0.29, 0.717) is 32.5 Å². The van der Waals surface area contributed by atoms with Crippen LogP contribution in [0.15, 0.2) is 24.3 Å². The van der Waals surface area contributed by atoms with Crippen molar-refractivity contribution in [3.05, 3.63) is 35.6 Å². The Morgan fingerprint density at radius 3 is 3.00 bits per heavy atom. The van der Waals surface area contributed by atoms with Crippen molar-refractivity contribution in [3.63, 3.8) is 0 Å². The SMILES string of the molecule is CC(N)CCC(=O)N1CCOC(c2cccc(F)c2)C1.Cl. The first-order chi connectivity index (χ1) is 9.56. The van der Waals surface area contributed by atoms with Crippen molar-refractivity contribution in [3.8, 4) is 0 Å². The van der Waals surface area contributed by atoms with Gasteiger partial charge in [0.05, 0.1) is 13.2 Å². The molecule has 1 heterocycles. The second-order valence-electron chi connectivity index (χ2n) is 5.27. The Balaban J connectivity index is 0.00000220. The van der Waals surface area contributed by atoms with Crippen molar-refractivity contribution in [1.82, 2.24) is 4.90 Å². The smallest absolute Gasteiger partial charge is 0.222 e. The predicted octanol–water partition coefficient (Wildman–Crippen LogP) is 2.27. The zero-order valence-electron chi connectivity index (χ0n) is 12.1. The molecule has 2 rings (SSSR count). The van der Waals surface area contributed by atoms with Crippen LogP contribution in [-0.2, 0) is 9.53 Å². The number of nitrogens with zero attached hydrogens (tertiary/aromatic N) is 1. The molecule has 2 atom stereocenters. The molecule has 1 saturated heterocycles. The molecular formula is C15H22ClFN2O2. The van der Waals surface area contributed by atoms with Gasteiger partial charge in [0.1, 0.15) is 11.9 Å². The summed E-state index contributed by atoms with van der Waals surface area (Å²) in [7, 11) is 0. The molecule has 6 heteroatoms. The maximum absolute atomic E-state index is 13.2. The molecule has 1 aromatic carbocycles. The summed E-state index contributed by atoms with van der Waals surface area (Å²) in [5.41, 5.74) is 6.44. The summed E-state index contributed by atoms with van der Waals surface area (Å²) in [6.07, 6.45) is 0.882. The molecule has 1 fully saturated rings. The molecule has 118 valence electrons. The van der Waals surface area contributed by atoms with Crippen LogP contribution >= 0.6 is 12.4 Å². The van der Waals surface area contributed by atoms with E-state index in [0.717, 1.165) is 5.56 Å². The first-order valence-electron chi connectivity index (χ1n) is 6.96. The minimum absolute atomic E-state index is 0. The van der Waals surface area contributed by atoms with Crippen molar-refractivity contribution < 1.29 is 13.9 Å². The lowest BCUT2D eigenvalue weighted by molar-refractivity contribution is -0.139. The summed E-state index contributed by atoms with van der Waals surface area (Å²) in [5, 5.41) is 0. The molecule has 0 radical (unpaired) electrons. The van der Waals surface area contributed by atoms with Crippen LogP contribution in [0.3, 0.4) is 0 Å². The normalized spacial score (nSPS) is 19.8. The Morgan fingerprint density at radius 2 is 2.33 bits per heavy atom. The van der Waals surface area contributed by atoms with Gasteiger partial charge in [-0.2, -0.15) is 0 Å². The fourth-order valence-electron chi connectivity index (χ4n) is 2.29. The Labute approximate surface area is 130 Å². The first kappa shape index (κ1) is 17.9. The van der Waals surface area contributed by atoms with Gasteiger partial charge in [0.2, 0.25) is 5.91 Å².